The Morgan fingerprint density at radius 1 is 1.35 bits per heavy atom. The van der Waals surface area contributed by atoms with E-state index in [1.165, 1.54) is 11.3 Å². The number of nitrogens with zero attached hydrogens (tertiary/aromatic N) is 4. The van der Waals surface area contributed by atoms with Crippen LogP contribution in [0.2, 0.25) is 0 Å². The summed E-state index contributed by atoms with van der Waals surface area (Å²) in [4.78, 5) is 4.43. The van der Waals surface area contributed by atoms with Crippen molar-refractivity contribution in [2.45, 2.75) is 36.3 Å². The summed E-state index contributed by atoms with van der Waals surface area (Å²) in [7, 11) is 0. The number of aryl methyl sites for hydroxylation is 1. The number of hydrogen-bond donors (Lipinski definition) is 0. The van der Waals surface area contributed by atoms with Crippen LogP contribution in [0.4, 0.5) is 0 Å². The van der Waals surface area contributed by atoms with Gasteiger partial charge in [0.1, 0.15) is 0 Å². The van der Waals surface area contributed by atoms with Crippen LogP contribution in [-0.2, 0) is 6.42 Å². The second-order valence-electron chi connectivity index (χ2n) is 4.94. The predicted molar refractivity (Wildman–Crippen MR) is 94.8 cm³/mol. The van der Waals surface area contributed by atoms with E-state index in [0.29, 0.717) is 5.89 Å². The van der Waals surface area contributed by atoms with E-state index in [4.69, 9.17) is 16.7 Å². The first-order valence-corrected chi connectivity index (χ1v) is 9.42. The Bertz CT molecular complexity index is 825. The van der Waals surface area contributed by atoms with Crippen LogP contribution in [0.25, 0.3) is 5.69 Å². The smallest absolute Gasteiger partial charge is 0.239 e. The number of thioether (sulfide) groups is 1. The zero-order valence-electron chi connectivity index (χ0n) is 12.8. The summed E-state index contributed by atoms with van der Waals surface area (Å²) in [5.74, 6) is 1.39. The van der Waals surface area contributed by atoms with Crippen molar-refractivity contribution in [1.82, 2.24) is 19.9 Å². The van der Waals surface area contributed by atoms with Crippen molar-refractivity contribution < 1.29 is 4.52 Å². The van der Waals surface area contributed by atoms with Crippen molar-refractivity contribution in [3.05, 3.63) is 46.0 Å². The van der Waals surface area contributed by atoms with Gasteiger partial charge in [0.25, 0.3) is 0 Å². The van der Waals surface area contributed by atoms with Crippen LogP contribution in [0.15, 0.2) is 39.2 Å². The normalized spacial score (nSPS) is 12.4. The van der Waals surface area contributed by atoms with Crippen LogP contribution < -0.4 is 0 Å². The zero-order valence-corrected chi connectivity index (χ0v) is 15.2. The Balaban J connectivity index is 1.76. The average molecular weight is 365 g/mol. The number of rotatable bonds is 6. The Morgan fingerprint density at radius 2 is 2.13 bits per heavy atom. The van der Waals surface area contributed by atoms with E-state index >= 15 is 0 Å². The van der Waals surface area contributed by atoms with E-state index in [2.05, 4.69) is 22.2 Å². The molecule has 3 aromatic rings. The molecule has 0 fully saturated rings. The molecule has 5 nitrogen and oxygen atoms in total. The van der Waals surface area contributed by atoms with Gasteiger partial charge in [-0.05, 0) is 37.7 Å². The van der Waals surface area contributed by atoms with Crippen LogP contribution in [-0.4, -0.2) is 19.9 Å². The lowest BCUT2D eigenvalue weighted by Gasteiger charge is -2.02. The maximum absolute atomic E-state index is 5.42. The van der Waals surface area contributed by atoms with Gasteiger partial charge in [0.2, 0.25) is 5.89 Å². The molecule has 0 amide bonds. The number of para-hydroxylation sites is 1. The second kappa shape index (κ2) is 7.37. The summed E-state index contributed by atoms with van der Waals surface area (Å²) in [6.07, 6.45) is 1.84. The molecular weight excluding hydrogens is 348 g/mol. The van der Waals surface area contributed by atoms with Crippen LogP contribution >= 0.6 is 35.3 Å². The fourth-order valence-electron chi connectivity index (χ4n) is 2.00. The molecule has 23 heavy (non-hydrogen) atoms. The van der Waals surface area contributed by atoms with Crippen molar-refractivity contribution in [1.29, 1.82) is 0 Å². The summed E-state index contributed by atoms with van der Waals surface area (Å²) in [5, 5.41) is 8.63. The summed E-state index contributed by atoms with van der Waals surface area (Å²) in [6.45, 7) is 4.13. The highest BCUT2D eigenvalue weighted by atomic mass is 32.2. The first-order valence-electron chi connectivity index (χ1n) is 7.32. The molecule has 0 aliphatic rings. The molecular formula is C15H16N4OS3. The van der Waals surface area contributed by atoms with Gasteiger partial charge in [-0.3, -0.25) is 0 Å². The van der Waals surface area contributed by atoms with E-state index in [0.717, 1.165) is 32.6 Å². The van der Waals surface area contributed by atoms with Crippen molar-refractivity contribution in [3.8, 4) is 5.69 Å². The fourth-order valence-corrected chi connectivity index (χ4v) is 4.54. The van der Waals surface area contributed by atoms with Gasteiger partial charge in [0.05, 0.1) is 10.9 Å². The monoisotopic (exact) mass is 364 g/mol. The zero-order chi connectivity index (χ0) is 16.2. The van der Waals surface area contributed by atoms with Crippen LogP contribution in [0.1, 0.15) is 37.2 Å². The molecule has 1 aromatic carbocycles. The maximum Gasteiger partial charge on any atom is 0.239 e. The highest BCUT2D eigenvalue weighted by Crippen LogP contribution is 2.35. The van der Waals surface area contributed by atoms with Gasteiger partial charge in [-0.25, -0.2) is 4.68 Å². The van der Waals surface area contributed by atoms with Crippen molar-refractivity contribution >= 4 is 35.3 Å². The van der Waals surface area contributed by atoms with Crippen LogP contribution in [0, 0.1) is 3.95 Å². The Labute approximate surface area is 147 Å². The van der Waals surface area contributed by atoms with Crippen molar-refractivity contribution in [2.24, 2.45) is 0 Å². The largest absolute Gasteiger partial charge is 0.338 e. The van der Waals surface area contributed by atoms with Gasteiger partial charge in [0.15, 0.2) is 14.1 Å². The molecule has 0 aliphatic heterocycles. The molecule has 0 saturated carbocycles. The van der Waals surface area contributed by atoms with Gasteiger partial charge in [-0.1, -0.05) is 53.4 Å². The number of hydrogen-bond acceptors (Lipinski definition) is 7. The van der Waals surface area contributed by atoms with Crippen LogP contribution in [0.5, 0.6) is 0 Å². The Morgan fingerprint density at radius 3 is 2.87 bits per heavy atom. The molecule has 0 saturated heterocycles. The maximum atomic E-state index is 5.42. The molecule has 2 aromatic heterocycles. The molecule has 3 rings (SSSR count). The van der Waals surface area contributed by atoms with Gasteiger partial charge < -0.3 is 4.52 Å². The molecule has 1 atom stereocenters. The minimum Gasteiger partial charge on any atom is -0.338 e. The molecule has 2 heterocycles. The van der Waals surface area contributed by atoms with Crippen LogP contribution in [0.3, 0.4) is 0 Å². The number of benzene rings is 1. The number of aromatic nitrogens is 4. The average Bonchev–Trinajstić information content (AvgIpc) is 3.15. The van der Waals surface area contributed by atoms with Gasteiger partial charge >= 0.3 is 0 Å². The lowest BCUT2D eigenvalue weighted by molar-refractivity contribution is 0.374. The Kier molecular flexibility index (Phi) is 5.24. The summed E-state index contributed by atoms with van der Waals surface area (Å²) in [6, 6.07) is 9.89. The van der Waals surface area contributed by atoms with E-state index in [-0.39, 0.29) is 5.25 Å². The molecule has 0 N–H and O–H groups in total. The molecule has 1 unspecified atom stereocenters. The standard InChI is InChI=1S/C15H16N4OS3/c1-3-7-12-16-13(20-18-12)10(2)22-14-17-19(15(21)23-14)11-8-5-4-6-9-11/h4-6,8-10H,3,7H2,1-2H3. The molecule has 8 heteroatoms. The predicted octanol–water partition coefficient (Wildman–Crippen LogP) is 4.85. The topological polar surface area (TPSA) is 56.7 Å². The van der Waals surface area contributed by atoms with Gasteiger partial charge in [-0.15, -0.1) is 5.10 Å². The lowest BCUT2D eigenvalue weighted by atomic mass is 10.3. The van der Waals surface area contributed by atoms with Crippen molar-refractivity contribution in [2.75, 3.05) is 0 Å². The Hall–Kier alpha value is -1.51. The molecule has 0 aliphatic carbocycles. The van der Waals surface area contributed by atoms with Gasteiger partial charge in [0, 0.05) is 6.42 Å². The summed E-state index contributed by atoms with van der Waals surface area (Å²) < 4.78 is 8.73. The fraction of sp³-hybridized carbons (Fsp3) is 0.333. The highest BCUT2D eigenvalue weighted by Gasteiger charge is 2.18. The molecule has 0 radical (unpaired) electrons. The minimum atomic E-state index is 0.0397. The summed E-state index contributed by atoms with van der Waals surface area (Å²) >= 11 is 8.49. The molecule has 0 bridgehead atoms. The summed E-state index contributed by atoms with van der Waals surface area (Å²) in [5.41, 5.74) is 0.969. The third kappa shape index (κ3) is 3.88. The molecule has 120 valence electrons. The lowest BCUT2D eigenvalue weighted by Crippen LogP contribution is -1.96. The first kappa shape index (κ1) is 16.4. The first-order chi connectivity index (χ1) is 11.2. The van der Waals surface area contributed by atoms with Crippen molar-refractivity contribution in [3.63, 3.8) is 0 Å². The minimum absolute atomic E-state index is 0.0397. The van der Waals surface area contributed by atoms with E-state index in [9.17, 15) is 0 Å². The SMILES string of the molecule is CCCc1noc(C(C)Sc2nn(-c3ccccc3)c(=S)s2)n1. The van der Waals surface area contributed by atoms with E-state index in [1.807, 2.05) is 37.3 Å². The quantitative estimate of drug-likeness (QED) is 0.460. The molecule has 0 spiro atoms. The third-order valence-corrected chi connectivity index (χ3v) is 5.52. The van der Waals surface area contributed by atoms with Gasteiger partial charge in [-0.2, -0.15) is 4.98 Å². The van der Waals surface area contributed by atoms with E-state index < -0.39 is 0 Å². The van der Waals surface area contributed by atoms with E-state index in [1.54, 1.807) is 16.4 Å². The highest BCUT2D eigenvalue weighted by molar-refractivity contribution is 8.01. The third-order valence-electron chi connectivity index (χ3n) is 3.11. The second-order valence-corrected chi connectivity index (χ2v) is 8.15.